The fourth-order valence-corrected chi connectivity index (χ4v) is 2.07. The Kier molecular flexibility index (Phi) is 5.14. The SMILES string of the molecule is COCCCSc1ccc(N)c(C(=O)O)c1. The average Bonchev–Trinajstić information content (AvgIpc) is 2.26. The van der Waals surface area contributed by atoms with Gasteiger partial charge in [0.05, 0.1) is 5.56 Å². The first kappa shape index (κ1) is 12.9. The van der Waals surface area contributed by atoms with E-state index in [2.05, 4.69) is 0 Å². The van der Waals surface area contributed by atoms with Crippen molar-refractivity contribution in [1.29, 1.82) is 0 Å². The van der Waals surface area contributed by atoms with Crippen LogP contribution in [0.3, 0.4) is 0 Å². The Morgan fingerprint density at radius 2 is 2.31 bits per heavy atom. The first-order chi connectivity index (χ1) is 7.65. The van der Waals surface area contributed by atoms with Crippen LogP contribution in [0.5, 0.6) is 0 Å². The number of hydrogen-bond donors (Lipinski definition) is 2. The number of nitrogen functional groups attached to an aromatic ring is 1. The molecule has 0 unspecified atom stereocenters. The van der Waals surface area contributed by atoms with Crippen LogP contribution in [-0.2, 0) is 4.74 Å². The fraction of sp³-hybridized carbons (Fsp3) is 0.364. The minimum atomic E-state index is -0.989. The van der Waals surface area contributed by atoms with E-state index in [1.165, 1.54) is 0 Å². The molecule has 1 aromatic carbocycles. The number of carboxylic acid groups (broad SMARTS) is 1. The van der Waals surface area contributed by atoms with Crippen molar-refractivity contribution in [2.24, 2.45) is 0 Å². The summed E-state index contributed by atoms with van der Waals surface area (Å²) in [4.78, 5) is 11.8. The van der Waals surface area contributed by atoms with E-state index >= 15 is 0 Å². The van der Waals surface area contributed by atoms with Gasteiger partial charge in [0.1, 0.15) is 0 Å². The maximum Gasteiger partial charge on any atom is 0.337 e. The highest BCUT2D eigenvalue weighted by atomic mass is 32.2. The molecule has 0 amide bonds. The molecule has 0 heterocycles. The summed E-state index contributed by atoms with van der Waals surface area (Å²) in [5.41, 5.74) is 6.02. The highest BCUT2D eigenvalue weighted by molar-refractivity contribution is 7.99. The Morgan fingerprint density at radius 1 is 1.56 bits per heavy atom. The zero-order chi connectivity index (χ0) is 12.0. The maximum atomic E-state index is 10.8. The van der Waals surface area contributed by atoms with E-state index in [-0.39, 0.29) is 5.56 Å². The Labute approximate surface area is 98.8 Å². The van der Waals surface area contributed by atoms with Gasteiger partial charge in [-0.05, 0) is 24.6 Å². The van der Waals surface area contributed by atoms with Gasteiger partial charge < -0.3 is 15.6 Å². The van der Waals surface area contributed by atoms with Crippen LogP contribution in [0.2, 0.25) is 0 Å². The number of methoxy groups -OCH3 is 1. The van der Waals surface area contributed by atoms with Crippen molar-refractivity contribution in [2.75, 3.05) is 25.2 Å². The number of ether oxygens (including phenoxy) is 1. The first-order valence-electron chi connectivity index (χ1n) is 4.89. The highest BCUT2D eigenvalue weighted by Crippen LogP contribution is 2.23. The quantitative estimate of drug-likeness (QED) is 0.453. The van der Waals surface area contributed by atoms with Gasteiger partial charge in [-0.25, -0.2) is 4.79 Å². The largest absolute Gasteiger partial charge is 0.478 e. The lowest BCUT2D eigenvalue weighted by atomic mass is 10.2. The average molecular weight is 241 g/mol. The number of hydrogen-bond acceptors (Lipinski definition) is 4. The molecule has 4 nitrogen and oxygen atoms in total. The molecule has 88 valence electrons. The summed E-state index contributed by atoms with van der Waals surface area (Å²) in [5.74, 6) is -0.0894. The summed E-state index contributed by atoms with van der Waals surface area (Å²) in [6, 6.07) is 5.07. The van der Waals surface area contributed by atoms with Crippen molar-refractivity contribution < 1.29 is 14.6 Å². The summed E-state index contributed by atoms with van der Waals surface area (Å²) in [6.45, 7) is 0.716. The van der Waals surface area contributed by atoms with Crippen LogP contribution in [0.4, 0.5) is 5.69 Å². The zero-order valence-corrected chi connectivity index (χ0v) is 9.92. The highest BCUT2D eigenvalue weighted by Gasteiger charge is 2.08. The standard InChI is InChI=1S/C11H15NO3S/c1-15-5-2-6-16-8-3-4-10(12)9(7-8)11(13)14/h3-4,7H,2,5-6,12H2,1H3,(H,13,14). The molecule has 0 aliphatic carbocycles. The van der Waals surface area contributed by atoms with Crippen molar-refractivity contribution in [3.63, 3.8) is 0 Å². The van der Waals surface area contributed by atoms with Crippen molar-refractivity contribution in [2.45, 2.75) is 11.3 Å². The first-order valence-corrected chi connectivity index (χ1v) is 5.88. The fourth-order valence-electron chi connectivity index (χ4n) is 1.20. The molecular formula is C11H15NO3S. The molecule has 0 fully saturated rings. The molecular weight excluding hydrogens is 226 g/mol. The third-order valence-electron chi connectivity index (χ3n) is 2.02. The van der Waals surface area contributed by atoms with Crippen LogP contribution in [0, 0.1) is 0 Å². The number of thioether (sulfide) groups is 1. The van der Waals surface area contributed by atoms with Crippen LogP contribution in [-0.4, -0.2) is 30.5 Å². The van der Waals surface area contributed by atoms with E-state index in [1.807, 2.05) is 6.07 Å². The third-order valence-corrected chi connectivity index (χ3v) is 3.10. The summed E-state index contributed by atoms with van der Waals surface area (Å²) < 4.78 is 4.93. The number of rotatable bonds is 6. The van der Waals surface area contributed by atoms with Crippen LogP contribution in [0.15, 0.2) is 23.1 Å². The number of benzene rings is 1. The van der Waals surface area contributed by atoms with Gasteiger partial charge in [0.2, 0.25) is 0 Å². The van der Waals surface area contributed by atoms with E-state index in [0.29, 0.717) is 12.3 Å². The Bertz CT molecular complexity index is 368. The van der Waals surface area contributed by atoms with E-state index in [9.17, 15) is 4.79 Å². The molecule has 1 aromatic rings. The summed E-state index contributed by atoms with van der Waals surface area (Å²) in [6.07, 6.45) is 0.938. The lowest BCUT2D eigenvalue weighted by Crippen LogP contribution is -2.02. The number of anilines is 1. The van der Waals surface area contributed by atoms with Crippen LogP contribution in [0.1, 0.15) is 16.8 Å². The number of aromatic carboxylic acids is 1. The second kappa shape index (κ2) is 6.40. The number of carboxylic acids is 1. The Morgan fingerprint density at radius 3 is 2.94 bits per heavy atom. The molecule has 3 N–H and O–H groups in total. The predicted octanol–water partition coefficient (Wildman–Crippen LogP) is 2.10. The molecule has 16 heavy (non-hydrogen) atoms. The Hall–Kier alpha value is -1.20. The van der Waals surface area contributed by atoms with Gasteiger partial charge in [-0.15, -0.1) is 11.8 Å². The summed E-state index contributed by atoms with van der Waals surface area (Å²) in [5, 5.41) is 8.89. The molecule has 0 bridgehead atoms. The van der Waals surface area contributed by atoms with Gasteiger partial charge in [0.25, 0.3) is 0 Å². The molecule has 5 heteroatoms. The van der Waals surface area contributed by atoms with Gasteiger partial charge in [-0.3, -0.25) is 0 Å². The van der Waals surface area contributed by atoms with Crippen molar-refractivity contribution >= 4 is 23.4 Å². The lowest BCUT2D eigenvalue weighted by molar-refractivity contribution is 0.0698. The van der Waals surface area contributed by atoms with Gasteiger partial charge in [-0.1, -0.05) is 0 Å². The molecule has 0 aliphatic rings. The van der Waals surface area contributed by atoms with Crippen LogP contribution in [0.25, 0.3) is 0 Å². The molecule has 1 rings (SSSR count). The van der Waals surface area contributed by atoms with E-state index in [0.717, 1.165) is 17.1 Å². The number of nitrogens with two attached hydrogens (primary N) is 1. The molecule has 0 saturated heterocycles. The van der Waals surface area contributed by atoms with Gasteiger partial charge in [0, 0.05) is 30.1 Å². The molecule has 0 spiro atoms. The van der Waals surface area contributed by atoms with Crippen molar-refractivity contribution in [3.8, 4) is 0 Å². The lowest BCUT2D eigenvalue weighted by Gasteiger charge is -2.05. The summed E-state index contributed by atoms with van der Waals surface area (Å²) in [7, 11) is 1.66. The molecule has 0 saturated carbocycles. The van der Waals surface area contributed by atoms with Crippen LogP contribution < -0.4 is 5.73 Å². The molecule has 0 aromatic heterocycles. The third kappa shape index (κ3) is 3.75. The molecule has 0 atom stereocenters. The zero-order valence-electron chi connectivity index (χ0n) is 9.10. The molecule has 0 radical (unpaired) electrons. The Balaban J connectivity index is 2.61. The maximum absolute atomic E-state index is 10.8. The second-order valence-corrected chi connectivity index (χ2v) is 4.42. The van der Waals surface area contributed by atoms with E-state index in [1.54, 1.807) is 31.0 Å². The minimum Gasteiger partial charge on any atom is -0.478 e. The minimum absolute atomic E-state index is 0.164. The predicted molar refractivity (Wildman–Crippen MR) is 65.0 cm³/mol. The van der Waals surface area contributed by atoms with Gasteiger partial charge in [-0.2, -0.15) is 0 Å². The normalized spacial score (nSPS) is 10.3. The second-order valence-electron chi connectivity index (χ2n) is 3.25. The smallest absolute Gasteiger partial charge is 0.337 e. The topological polar surface area (TPSA) is 72.5 Å². The summed E-state index contributed by atoms with van der Waals surface area (Å²) >= 11 is 1.60. The monoisotopic (exact) mass is 241 g/mol. The van der Waals surface area contributed by atoms with Crippen LogP contribution >= 0.6 is 11.8 Å². The van der Waals surface area contributed by atoms with E-state index in [4.69, 9.17) is 15.6 Å². The number of carbonyl (C=O) groups is 1. The van der Waals surface area contributed by atoms with Crippen molar-refractivity contribution in [1.82, 2.24) is 0 Å². The van der Waals surface area contributed by atoms with Crippen molar-refractivity contribution in [3.05, 3.63) is 23.8 Å². The van der Waals surface area contributed by atoms with E-state index < -0.39 is 5.97 Å². The van der Waals surface area contributed by atoms with Gasteiger partial charge in [0.15, 0.2) is 0 Å². The molecule has 0 aliphatic heterocycles. The van der Waals surface area contributed by atoms with Gasteiger partial charge >= 0.3 is 5.97 Å².